The van der Waals surface area contributed by atoms with Crippen molar-refractivity contribution in [3.05, 3.63) is 48.0 Å². The Morgan fingerprint density at radius 3 is 2.21 bits per heavy atom. The van der Waals surface area contributed by atoms with Crippen LogP contribution in [-0.4, -0.2) is 33.9 Å². The van der Waals surface area contributed by atoms with Crippen molar-refractivity contribution in [1.29, 1.82) is 0 Å². The number of anilines is 2. The number of rotatable bonds is 6. The van der Waals surface area contributed by atoms with Gasteiger partial charge in [0.2, 0.25) is 22.7 Å². The number of amides is 1. The first-order valence-corrected chi connectivity index (χ1v) is 13.9. The van der Waals surface area contributed by atoms with E-state index in [1.807, 2.05) is 12.1 Å². The van der Waals surface area contributed by atoms with E-state index in [2.05, 4.69) is 17.4 Å². The van der Waals surface area contributed by atoms with E-state index >= 15 is 0 Å². The van der Waals surface area contributed by atoms with Crippen LogP contribution in [-0.2, 0) is 20.2 Å². The Morgan fingerprint density at radius 1 is 0.971 bits per heavy atom. The quantitative estimate of drug-likeness (QED) is 0.664. The summed E-state index contributed by atoms with van der Waals surface area (Å²) in [4.78, 5) is 12.8. The molecule has 7 nitrogen and oxygen atoms in total. The third-order valence-electron chi connectivity index (χ3n) is 8.15. The monoisotopic (exact) mass is 482 g/mol. The fraction of sp³-hybridized carbons (Fsp3) is 0.500. The lowest BCUT2D eigenvalue weighted by atomic mass is 9.48. The number of nitrogens with one attached hydrogen (secondary N) is 1. The van der Waals surface area contributed by atoms with Gasteiger partial charge in [0.25, 0.3) is 0 Å². The zero-order chi connectivity index (χ0) is 23.5. The number of hydrogen-bond acceptors (Lipinski definition) is 5. The Bertz CT molecular complexity index is 1190. The molecule has 0 saturated heterocycles. The van der Waals surface area contributed by atoms with Gasteiger partial charge in [0.05, 0.1) is 11.9 Å². The summed E-state index contributed by atoms with van der Waals surface area (Å²) in [5.74, 6) is 3.29. The maximum absolute atomic E-state index is 12.8. The Morgan fingerprint density at radius 2 is 1.59 bits per heavy atom. The molecule has 4 fully saturated rings. The van der Waals surface area contributed by atoms with Crippen LogP contribution in [0.2, 0.25) is 0 Å². The number of fused-ring (bicyclic) bond motifs is 1. The molecular weight excluding hydrogens is 452 g/mol. The highest BCUT2D eigenvalue weighted by atomic mass is 32.2. The van der Waals surface area contributed by atoms with Crippen LogP contribution in [0.25, 0.3) is 0 Å². The maximum Gasteiger partial charge on any atom is 0.245 e. The number of sulfonamides is 1. The minimum Gasteiger partial charge on any atom is -0.454 e. The lowest BCUT2D eigenvalue weighted by molar-refractivity contribution is -0.114. The van der Waals surface area contributed by atoms with E-state index < -0.39 is 15.9 Å². The SMILES string of the molecule is CS(=O)(=O)N(CC(=O)Nc1ccc2c(c1)OCO2)c1ccc(C23CC4CC(CC(C4)C2)C3)cc1. The van der Waals surface area contributed by atoms with Gasteiger partial charge in [-0.15, -0.1) is 0 Å². The topological polar surface area (TPSA) is 84.9 Å². The minimum absolute atomic E-state index is 0.147. The van der Waals surface area contributed by atoms with Gasteiger partial charge >= 0.3 is 0 Å². The minimum atomic E-state index is -3.64. The average molecular weight is 483 g/mol. The molecule has 2 aromatic carbocycles. The summed E-state index contributed by atoms with van der Waals surface area (Å²) in [6.07, 6.45) is 9.06. The molecule has 5 aliphatic rings. The van der Waals surface area contributed by atoms with E-state index in [-0.39, 0.29) is 18.8 Å². The summed E-state index contributed by atoms with van der Waals surface area (Å²) >= 11 is 0. The van der Waals surface area contributed by atoms with E-state index in [1.165, 1.54) is 48.4 Å². The highest BCUT2D eigenvalue weighted by Gasteiger charge is 2.51. The summed E-state index contributed by atoms with van der Waals surface area (Å²) in [6, 6.07) is 13.0. The molecular formula is C26H30N2O5S. The zero-order valence-corrected chi connectivity index (χ0v) is 20.1. The first-order chi connectivity index (χ1) is 16.3. The highest BCUT2D eigenvalue weighted by molar-refractivity contribution is 7.92. The molecule has 4 saturated carbocycles. The summed E-state index contributed by atoms with van der Waals surface area (Å²) in [5.41, 5.74) is 2.62. The van der Waals surface area contributed by atoms with E-state index in [1.54, 1.807) is 18.2 Å². The van der Waals surface area contributed by atoms with Crippen LogP contribution in [0.4, 0.5) is 11.4 Å². The number of carbonyl (C=O) groups excluding carboxylic acids is 1. The van der Waals surface area contributed by atoms with Crippen LogP contribution in [0.3, 0.4) is 0 Å². The average Bonchev–Trinajstić information content (AvgIpc) is 3.24. The first-order valence-electron chi connectivity index (χ1n) is 12.1. The Hall–Kier alpha value is -2.74. The van der Waals surface area contributed by atoms with Gasteiger partial charge in [0, 0.05) is 11.8 Å². The summed E-state index contributed by atoms with van der Waals surface area (Å²) in [7, 11) is -3.64. The summed E-state index contributed by atoms with van der Waals surface area (Å²) in [5, 5.41) is 2.76. The molecule has 180 valence electrons. The van der Waals surface area contributed by atoms with Gasteiger partial charge in [-0.25, -0.2) is 8.42 Å². The van der Waals surface area contributed by atoms with Gasteiger partial charge in [0.15, 0.2) is 11.5 Å². The van der Waals surface area contributed by atoms with Gasteiger partial charge in [-0.1, -0.05) is 12.1 Å². The van der Waals surface area contributed by atoms with Crippen LogP contribution in [0, 0.1) is 17.8 Å². The number of hydrogen-bond donors (Lipinski definition) is 1. The molecule has 0 unspecified atom stereocenters. The maximum atomic E-state index is 12.8. The third kappa shape index (κ3) is 3.91. The lowest BCUT2D eigenvalue weighted by Crippen LogP contribution is -2.48. The Labute approximate surface area is 200 Å². The van der Waals surface area contributed by atoms with Crippen LogP contribution in [0.15, 0.2) is 42.5 Å². The molecule has 0 spiro atoms. The molecule has 0 radical (unpaired) electrons. The van der Waals surface area contributed by atoms with E-state index in [0.717, 1.165) is 24.0 Å². The van der Waals surface area contributed by atoms with Crippen LogP contribution >= 0.6 is 0 Å². The van der Waals surface area contributed by atoms with E-state index in [0.29, 0.717) is 22.9 Å². The largest absolute Gasteiger partial charge is 0.454 e. The second-order valence-corrected chi connectivity index (χ2v) is 12.5. The van der Waals surface area contributed by atoms with Crippen molar-refractivity contribution < 1.29 is 22.7 Å². The summed E-state index contributed by atoms with van der Waals surface area (Å²) in [6.45, 7) is -0.155. The lowest BCUT2D eigenvalue weighted by Gasteiger charge is -2.57. The van der Waals surface area contributed by atoms with Gasteiger partial charge in [-0.3, -0.25) is 9.10 Å². The number of carbonyl (C=O) groups is 1. The number of benzene rings is 2. The van der Waals surface area contributed by atoms with Crippen molar-refractivity contribution in [3.8, 4) is 11.5 Å². The second kappa shape index (κ2) is 7.90. The fourth-order valence-corrected chi connectivity index (χ4v) is 8.01. The molecule has 7 rings (SSSR count). The highest BCUT2D eigenvalue weighted by Crippen LogP contribution is 2.60. The Kier molecular flexibility index (Phi) is 5.06. The van der Waals surface area contributed by atoms with Crippen molar-refractivity contribution in [1.82, 2.24) is 0 Å². The number of ether oxygens (including phenoxy) is 2. The van der Waals surface area contributed by atoms with E-state index in [9.17, 15) is 13.2 Å². The molecule has 1 N–H and O–H groups in total. The number of nitrogens with zero attached hydrogens (tertiary/aromatic N) is 1. The van der Waals surface area contributed by atoms with Gasteiger partial charge in [-0.2, -0.15) is 0 Å². The van der Waals surface area contributed by atoms with E-state index in [4.69, 9.17) is 9.47 Å². The van der Waals surface area contributed by atoms with Crippen molar-refractivity contribution in [2.45, 2.75) is 43.9 Å². The molecule has 1 heterocycles. The standard InChI is InChI=1S/C26H30N2O5S/c1-34(30,31)28(15-25(29)27-21-4-7-23-24(11-21)33-16-32-23)22-5-2-20(3-6-22)26-12-17-8-18(13-26)10-19(9-17)14-26/h2-7,11,17-19H,8-10,12-16H2,1H3,(H,27,29). The van der Waals surface area contributed by atoms with Gasteiger partial charge in [-0.05, 0) is 91.5 Å². The molecule has 0 aromatic heterocycles. The van der Waals surface area contributed by atoms with Crippen LogP contribution < -0.4 is 19.1 Å². The fourth-order valence-electron chi connectivity index (χ4n) is 7.15. The molecule has 0 atom stereocenters. The van der Waals surface area contributed by atoms with Gasteiger partial charge < -0.3 is 14.8 Å². The Balaban J connectivity index is 1.20. The first kappa shape index (κ1) is 21.8. The zero-order valence-electron chi connectivity index (χ0n) is 19.3. The summed E-state index contributed by atoms with van der Waals surface area (Å²) < 4.78 is 37.0. The molecule has 34 heavy (non-hydrogen) atoms. The van der Waals surface area contributed by atoms with Crippen LogP contribution in [0.1, 0.15) is 44.1 Å². The predicted molar refractivity (Wildman–Crippen MR) is 130 cm³/mol. The molecule has 4 aliphatic carbocycles. The predicted octanol–water partition coefficient (Wildman–Crippen LogP) is 4.29. The molecule has 1 amide bonds. The molecule has 4 bridgehead atoms. The molecule has 2 aromatic rings. The molecule has 1 aliphatic heterocycles. The van der Waals surface area contributed by atoms with Crippen molar-refractivity contribution in [2.24, 2.45) is 17.8 Å². The second-order valence-electron chi connectivity index (χ2n) is 10.6. The van der Waals surface area contributed by atoms with Crippen molar-refractivity contribution in [3.63, 3.8) is 0 Å². The smallest absolute Gasteiger partial charge is 0.245 e. The van der Waals surface area contributed by atoms with Crippen LogP contribution in [0.5, 0.6) is 11.5 Å². The normalized spacial score (nSPS) is 28.7. The van der Waals surface area contributed by atoms with Crippen molar-refractivity contribution in [2.75, 3.05) is 29.2 Å². The molecule has 8 heteroatoms. The van der Waals surface area contributed by atoms with Crippen molar-refractivity contribution >= 4 is 27.3 Å². The van der Waals surface area contributed by atoms with Gasteiger partial charge in [0.1, 0.15) is 6.54 Å². The third-order valence-corrected chi connectivity index (χ3v) is 9.29.